The van der Waals surface area contributed by atoms with Crippen LogP contribution in [-0.2, 0) is 0 Å². The molecule has 0 aliphatic carbocycles. The Labute approximate surface area is 142 Å². The molecule has 0 amide bonds. The van der Waals surface area contributed by atoms with Gasteiger partial charge in [0, 0.05) is 14.6 Å². The number of hydrogen-bond acceptors (Lipinski definition) is 4. The maximum Gasteiger partial charge on any atom is 0.190 e. The second-order valence-electron chi connectivity index (χ2n) is 4.19. The topological polar surface area (TPSA) is 69.6 Å². The minimum absolute atomic E-state index is 0.478. The van der Waals surface area contributed by atoms with E-state index in [1.807, 2.05) is 18.2 Å². The number of para-hydroxylation sites is 1. The maximum absolute atomic E-state index is 6.25. The Morgan fingerprint density at radius 2 is 1.71 bits per heavy atom. The van der Waals surface area contributed by atoms with E-state index in [2.05, 4.69) is 47.4 Å². The molecule has 0 aliphatic rings. The summed E-state index contributed by atoms with van der Waals surface area (Å²) in [6.45, 7) is 0. The van der Waals surface area contributed by atoms with Crippen molar-refractivity contribution < 1.29 is 0 Å². The lowest BCUT2D eigenvalue weighted by atomic mass is 10.1. The van der Waals surface area contributed by atoms with Gasteiger partial charge >= 0.3 is 0 Å². The predicted molar refractivity (Wildman–Crippen MR) is 89.4 cm³/mol. The molecule has 106 valence electrons. The van der Waals surface area contributed by atoms with Gasteiger partial charge in [0.1, 0.15) is 0 Å². The number of nitrogen functional groups attached to an aromatic ring is 1. The average molecular weight is 430 g/mol. The fraction of sp³-hybridized carbons (Fsp3) is 0. The van der Waals surface area contributed by atoms with Gasteiger partial charge in [-0.25, -0.2) is 0 Å². The van der Waals surface area contributed by atoms with Crippen molar-refractivity contribution in [3.05, 3.63) is 50.4 Å². The summed E-state index contributed by atoms with van der Waals surface area (Å²) < 4.78 is 3.28. The number of halogens is 3. The number of nitrogens with two attached hydrogens (primary N) is 1. The van der Waals surface area contributed by atoms with Gasteiger partial charge in [0.2, 0.25) is 0 Å². The van der Waals surface area contributed by atoms with Crippen molar-refractivity contribution in [3.8, 4) is 17.1 Å². The molecular formula is C13H8Br2ClN5. The molecule has 0 atom stereocenters. The average Bonchev–Trinajstić information content (AvgIpc) is 2.87. The smallest absolute Gasteiger partial charge is 0.190 e. The Bertz CT molecular complexity index is 712. The number of benzene rings is 2. The molecule has 3 rings (SSSR count). The molecule has 1 heterocycles. The van der Waals surface area contributed by atoms with Crippen molar-refractivity contribution in [2.45, 2.75) is 0 Å². The summed E-state index contributed by atoms with van der Waals surface area (Å²) in [6, 6.07) is 11.0. The van der Waals surface area contributed by atoms with E-state index in [9.17, 15) is 0 Å². The number of aromatic nitrogens is 4. The molecule has 0 spiro atoms. The van der Waals surface area contributed by atoms with Crippen LogP contribution in [0.25, 0.3) is 17.1 Å². The Morgan fingerprint density at radius 1 is 1.05 bits per heavy atom. The van der Waals surface area contributed by atoms with Crippen LogP contribution in [0.15, 0.2) is 45.3 Å². The number of anilines is 1. The third kappa shape index (κ3) is 2.56. The molecular weight excluding hydrogens is 421 g/mol. The van der Waals surface area contributed by atoms with Crippen LogP contribution in [0.5, 0.6) is 0 Å². The molecule has 8 heteroatoms. The van der Waals surface area contributed by atoms with Crippen molar-refractivity contribution in [2.75, 3.05) is 5.73 Å². The second kappa shape index (κ2) is 5.75. The van der Waals surface area contributed by atoms with Gasteiger partial charge in [-0.05, 0) is 66.6 Å². The fourth-order valence-corrected chi connectivity index (χ4v) is 3.56. The molecule has 0 saturated heterocycles. The van der Waals surface area contributed by atoms with E-state index >= 15 is 0 Å². The van der Waals surface area contributed by atoms with Gasteiger partial charge in [0.25, 0.3) is 0 Å². The number of rotatable bonds is 2. The number of nitrogens with zero attached hydrogens (tertiary/aromatic N) is 4. The zero-order valence-electron chi connectivity index (χ0n) is 10.5. The molecule has 0 saturated carbocycles. The van der Waals surface area contributed by atoms with Gasteiger partial charge < -0.3 is 5.73 Å². The van der Waals surface area contributed by atoms with E-state index in [0.717, 1.165) is 14.6 Å². The van der Waals surface area contributed by atoms with Gasteiger partial charge in [0.05, 0.1) is 16.3 Å². The van der Waals surface area contributed by atoms with Gasteiger partial charge in [-0.1, -0.05) is 23.7 Å². The minimum atomic E-state index is 0.478. The standard InChI is InChI=1S/C13H8Br2ClN5/c14-7-3-1-4-8(15)12(7)21-13(18-19-20-21)11-9(16)5-2-6-10(11)17/h1-6H,17H2. The lowest BCUT2D eigenvalue weighted by molar-refractivity contribution is 0.786. The quantitative estimate of drug-likeness (QED) is 0.623. The summed E-state index contributed by atoms with van der Waals surface area (Å²) in [7, 11) is 0. The molecule has 2 aromatic carbocycles. The lowest BCUT2D eigenvalue weighted by Crippen LogP contribution is -2.04. The normalized spacial score (nSPS) is 10.8. The van der Waals surface area contributed by atoms with E-state index in [4.69, 9.17) is 17.3 Å². The highest BCUT2D eigenvalue weighted by molar-refractivity contribution is 9.11. The van der Waals surface area contributed by atoms with E-state index in [-0.39, 0.29) is 0 Å². The van der Waals surface area contributed by atoms with Crippen molar-refractivity contribution >= 4 is 49.1 Å². The molecule has 5 nitrogen and oxygen atoms in total. The van der Waals surface area contributed by atoms with E-state index in [0.29, 0.717) is 22.1 Å². The maximum atomic E-state index is 6.25. The summed E-state index contributed by atoms with van der Waals surface area (Å²) in [5.41, 5.74) is 7.91. The van der Waals surface area contributed by atoms with Crippen LogP contribution in [0.2, 0.25) is 5.02 Å². The largest absolute Gasteiger partial charge is 0.398 e. The second-order valence-corrected chi connectivity index (χ2v) is 6.30. The van der Waals surface area contributed by atoms with Crippen molar-refractivity contribution in [2.24, 2.45) is 0 Å². The third-order valence-corrected chi connectivity index (χ3v) is 4.48. The number of hydrogen-bond donors (Lipinski definition) is 1. The molecule has 0 fully saturated rings. The first-order valence-corrected chi connectivity index (χ1v) is 7.83. The molecule has 0 unspecified atom stereocenters. The molecule has 0 radical (unpaired) electrons. The molecule has 1 aromatic heterocycles. The molecule has 2 N–H and O–H groups in total. The minimum Gasteiger partial charge on any atom is -0.398 e. The zero-order valence-corrected chi connectivity index (χ0v) is 14.4. The highest BCUT2D eigenvalue weighted by Gasteiger charge is 2.19. The van der Waals surface area contributed by atoms with Crippen LogP contribution >= 0.6 is 43.5 Å². The van der Waals surface area contributed by atoms with Crippen LogP contribution in [-0.4, -0.2) is 20.2 Å². The Balaban J connectivity index is 2.28. The van der Waals surface area contributed by atoms with E-state index in [1.54, 1.807) is 22.9 Å². The monoisotopic (exact) mass is 427 g/mol. The van der Waals surface area contributed by atoms with E-state index in [1.165, 1.54) is 0 Å². The molecule has 0 bridgehead atoms. The summed E-state index contributed by atoms with van der Waals surface area (Å²) in [4.78, 5) is 0. The highest BCUT2D eigenvalue weighted by Crippen LogP contribution is 2.35. The predicted octanol–water partition coefficient (Wildman–Crippen LogP) is 4.09. The van der Waals surface area contributed by atoms with Crippen LogP contribution in [0.4, 0.5) is 5.69 Å². The van der Waals surface area contributed by atoms with E-state index < -0.39 is 0 Å². The van der Waals surface area contributed by atoms with Gasteiger partial charge in [-0.3, -0.25) is 0 Å². The van der Waals surface area contributed by atoms with Gasteiger partial charge in [0.15, 0.2) is 5.82 Å². The van der Waals surface area contributed by atoms with Crippen LogP contribution < -0.4 is 5.73 Å². The van der Waals surface area contributed by atoms with Crippen LogP contribution in [0, 0.1) is 0 Å². The Kier molecular flexibility index (Phi) is 3.97. The van der Waals surface area contributed by atoms with Crippen LogP contribution in [0.1, 0.15) is 0 Å². The SMILES string of the molecule is Nc1cccc(Cl)c1-c1nnnn1-c1c(Br)cccc1Br. The Morgan fingerprint density at radius 3 is 2.38 bits per heavy atom. The van der Waals surface area contributed by atoms with Crippen LogP contribution in [0.3, 0.4) is 0 Å². The zero-order chi connectivity index (χ0) is 15.0. The highest BCUT2D eigenvalue weighted by atomic mass is 79.9. The fourth-order valence-electron chi connectivity index (χ4n) is 1.96. The first-order chi connectivity index (χ1) is 10.1. The first-order valence-electron chi connectivity index (χ1n) is 5.86. The molecule has 0 aliphatic heterocycles. The summed E-state index contributed by atoms with van der Waals surface area (Å²) in [6.07, 6.45) is 0. The lowest BCUT2D eigenvalue weighted by Gasteiger charge is -2.11. The van der Waals surface area contributed by atoms with Crippen molar-refractivity contribution in [1.29, 1.82) is 0 Å². The first kappa shape index (κ1) is 14.5. The Hall–Kier alpha value is -1.44. The number of tetrazole rings is 1. The molecule has 3 aromatic rings. The van der Waals surface area contributed by atoms with Gasteiger partial charge in [-0.2, -0.15) is 4.68 Å². The van der Waals surface area contributed by atoms with Crippen molar-refractivity contribution in [1.82, 2.24) is 20.2 Å². The summed E-state index contributed by atoms with van der Waals surface area (Å²) >= 11 is 13.3. The third-order valence-electron chi connectivity index (χ3n) is 2.89. The summed E-state index contributed by atoms with van der Waals surface area (Å²) in [5, 5.41) is 12.4. The van der Waals surface area contributed by atoms with Gasteiger partial charge in [-0.15, -0.1) is 5.10 Å². The van der Waals surface area contributed by atoms with Crippen molar-refractivity contribution in [3.63, 3.8) is 0 Å². The summed E-state index contributed by atoms with van der Waals surface area (Å²) in [5.74, 6) is 0.478. The molecule has 21 heavy (non-hydrogen) atoms.